The molecule has 0 aromatic heterocycles. The Balaban J connectivity index is 3.00. The van der Waals surface area contributed by atoms with Crippen molar-refractivity contribution in [3.8, 4) is 0 Å². The van der Waals surface area contributed by atoms with Gasteiger partial charge in [-0.15, -0.1) is 0 Å². The second-order valence-corrected chi connectivity index (χ2v) is 5.40. The normalized spacial score (nSPS) is 12.4. The van der Waals surface area contributed by atoms with E-state index < -0.39 is 8.73 Å². The quantitative estimate of drug-likeness (QED) is 0.585. The molecule has 0 atom stereocenters. The van der Waals surface area contributed by atoms with Crippen LogP contribution in [-0.4, -0.2) is 9.96 Å². The lowest BCUT2D eigenvalue weighted by molar-refractivity contribution is 1.69. The van der Waals surface area contributed by atoms with E-state index in [9.17, 15) is 0 Å². The van der Waals surface area contributed by atoms with Crippen LogP contribution in [0.2, 0.25) is 13.1 Å². The summed E-state index contributed by atoms with van der Waals surface area (Å²) in [7, 11) is -1.85. The topological polar surface area (TPSA) is 0 Å². The van der Waals surface area contributed by atoms with Crippen LogP contribution in [0.4, 0.5) is 0 Å². The van der Waals surface area contributed by atoms with E-state index in [1.807, 2.05) is 43.4 Å². The van der Waals surface area contributed by atoms with Crippen molar-refractivity contribution in [1.82, 2.24) is 0 Å². The molecule has 0 aliphatic rings. The third kappa shape index (κ3) is 2.05. The molecular weight excluding hydrogens is 148 g/mol. The molecular formula is C10H14Si. The molecule has 1 heteroatoms. The largest absolute Gasteiger partial charge is 0.0985 e. The highest BCUT2D eigenvalue weighted by Crippen LogP contribution is 1.98. The van der Waals surface area contributed by atoms with Gasteiger partial charge in [-0.2, -0.15) is 0 Å². The van der Waals surface area contributed by atoms with Gasteiger partial charge in [-0.25, -0.2) is 0 Å². The fourth-order valence-electron chi connectivity index (χ4n) is 0.953. The van der Waals surface area contributed by atoms with Crippen molar-refractivity contribution >= 4 is 20.0 Å². The number of rotatable bonds is 2. The van der Waals surface area contributed by atoms with Gasteiger partial charge >= 0.3 is 0 Å². The lowest BCUT2D eigenvalue weighted by Gasteiger charge is -2.02. The molecule has 1 rings (SSSR count). The molecule has 0 radical (unpaired) electrons. The summed E-state index contributed by atoms with van der Waals surface area (Å²) in [6.07, 6.45) is 1.82. The first-order valence-electron chi connectivity index (χ1n) is 4.27. The molecule has 0 bridgehead atoms. The van der Waals surface area contributed by atoms with E-state index in [4.69, 9.17) is 1.23 Å². The average Bonchev–Trinajstić information content (AvgIpc) is 2.03. The molecule has 0 heterocycles. The zero-order valence-electron chi connectivity index (χ0n) is 8.09. The Bertz CT molecular complexity index is 269. The van der Waals surface area contributed by atoms with Gasteiger partial charge in [0.15, 0.2) is 0 Å². The molecule has 58 valence electrons. The van der Waals surface area contributed by atoms with Gasteiger partial charge in [-0.3, -0.25) is 0 Å². The number of hydrogen-bond donors (Lipinski definition) is 0. The van der Waals surface area contributed by atoms with Crippen molar-refractivity contribution < 1.29 is 0 Å². The fourth-order valence-corrected chi connectivity index (χ4v) is 1.79. The van der Waals surface area contributed by atoms with Crippen molar-refractivity contribution in [3.05, 3.63) is 36.4 Å². The summed E-state index contributed by atoms with van der Waals surface area (Å²) >= 11 is 0. The second-order valence-electron chi connectivity index (χ2n) is 2.83. The molecule has 0 aliphatic carbocycles. The summed E-state index contributed by atoms with van der Waals surface area (Å²) in [5.74, 6) is 0. The van der Waals surface area contributed by atoms with Crippen LogP contribution in [0.25, 0.3) is 6.08 Å². The van der Waals surface area contributed by atoms with E-state index in [0.29, 0.717) is 0 Å². The van der Waals surface area contributed by atoms with Crippen molar-refractivity contribution in [3.63, 3.8) is 0 Å². The Morgan fingerprint density at radius 2 is 1.91 bits per heavy atom. The molecule has 0 fully saturated rings. The first kappa shape index (κ1) is 6.86. The predicted molar refractivity (Wildman–Crippen MR) is 55.0 cm³/mol. The summed E-state index contributed by atoms with van der Waals surface area (Å²) in [6.45, 7) is 7.73. The Kier molecular flexibility index (Phi) is 2.20. The van der Waals surface area contributed by atoms with Gasteiger partial charge in [0, 0.05) is 1.23 Å². The van der Waals surface area contributed by atoms with Crippen LogP contribution in [0.5, 0.6) is 0 Å². The monoisotopic (exact) mass is 163 g/mol. The minimum Gasteiger partial charge on any atom is -0.0985 e. The molecule has 0 nitrogen and oxygen atoms in total. The molecule has 0 saturated carbocycles. The summed E-state index contributed by atoms with van der Waals surface area (Å²) in [4.78, 5) is 0. The molecule has 0 unspecified atom stereocenters. The van der Waals surface area contributed by atoms with Crippen molar-refractivity contribution in [2.45, 2.75) is 13.1 Å². The van der Waals surface area contributed by atoms with E-state index in [-0.39, 0.29) is 0 Å². The lowest BCUT2D eigenvalue weighted by Crippen LogP contribution is -2.21. The van der Waals surface area contributed by atoms with Gasteiger partial charge in [0.05, 0.1) is 8.73 Å². The Labute approximate surface area is 71.4 Å². The molecule has 0 saturated heterocycles. The summed E-state index contributed by atoms with van der Waals surface area (Å²) in [6, 6.07) is 8.11. The van der Waals surface area contributed by atoms with E-state index in [0.717, 1.165) is 5.56 Å². The molecule has 0 spiro atoms. The van der Waals surface area contributed by atoms with Crippen molar-refractivity contribution in [1.29, 1.82) is 1.23 Å². The zero-order chi connectivity index (χ0) is 9.19. The summed E-state index contributed by atoms with van der Waals surface area (Å²) in [5, 5.41) is 1.17. The van der Waals surface area contributed by atoms with Gasteiger partial charge in [0.1, 0.15) is 0 Å². The minimum absolute atomic E-state index is 1.12. The maximum atomic E-state index is 7.91. The molecule has 0 N–H and O–H groups in total. The van der Waals surface area contributed by atoms with E-state index in [1.165, 1.54) is 5.19 Å². The van der Waals surface area contributed by atoms with Gasteiger partial charge in [-0.1, -0.05) is 55.2 Å². The molecule has 0 aliphatic heterocycles. The lowest BCUT2D eigenvalue weighted by atomic mass is 10.2. The third-order valence-electron chi connectivity index (χ3n) is 1.72. The first-order valence-corrected chi connectivity index (χ1v) is 6.27. The van der Waals surface area contributed by atoms with E-state index in [1.54, 1.807) is 0 Å². The maximum absolute atomic E-state index is 7.91. The van der Waals surface area contributed by atoms with Crippen LogP contribution in [0, 0.1) is 0 Å². The second kappa shape index (κ2) is 3.53. The highest BCUT2D eigenvalue weighted by atomic mass is 28.3. The Morgan fingerprint density at radius 3 is 2.27 bits per heavy atom. The van der Waals surface area contributed by atoms with Gasteiger partial charge in [0.25, 0.3) is 0 Å². The smallest absolute Gasteiger partial charge is 0.0647 e. The standard InChI is InChI=1S/C10H14Si/c1-4-9-5-7-10(8-6-9)11(2)3/h4-8,11H,1H2,2-3H3/i11D. The van der Waals surface area contributed by atoms with Crippen LogP contribution < -0.4 is 5.19 Å². The SMILES string of the molecule is [2H][Si](C)(C)c1ccc(C=C)cc1. The summed E-state index contributed by atoms with van der Waals surface area (Å²) in [5.41, 5.74) is 1.12. The first-order chi connectivity index (χ1) is 5.54. The van der Waals surface area contributed by atoms with E-state index >= 15 is 0 Å². The molecule has 0 amide bonds. The number of benzene rings is 1. The van der Waals surface area contributed by atoms with Gasteiger partial charge in [-0.05, 0) is 5.56 Å². The van der Waals surface area contributed by atoms with E-state index in [2.05, 4.69) is 6.58 Å². The molecule has 1 aromatic rings. The van der Waals surface area contributed by atoms with Crippen LogP contribution in [0.3, 0.4) is 0 Å². The highest BCUT2D eigenvalue weighted by Gasteiger charge is 1.97. The van der Waals surface area contributed by atoms with Crippen LogP contribution in [0.15, 0.2) is 30.8 Å². The van der Waals surface area contributed by atoms with Gasteiger partial charge < -0.3 is 0 Å². The number of hydrogen-bond acceptors (Lipinski definition) is 0. The van der Waals surface area contributed by atoms with Gasteiger partial charge in [0.2, 0.25) is 0 Å². The highest BCUT2D eigenvalue weighted by molar-refractivity contribution is 6.70. The third-order valence-corrected chi connectivity index (χ3v) is 3.21. The molecule has 11 heavy (non-hydrogen) atoms. The average molecular weight is 163 g/mol. The van der Waals surface area contributed by atoms with Crippen molar-refractivity contribution in [2.24, 2.45) is 0 Å². The van der Waals surface area contributed by atoms with Crippen LogP contribution in [0.1, 0.15) is 5.56 Å². The summed E-state index contributed by atoms with van der Waals surface area (Å²) < 4.78 is 7.91. The fraction of sp³-hybridized carbons (Fsp3) is 0.200. The minimum atomic E-state index is -1.85. The van der Waals surface area contributed by atoms with Crippen molar-refractivity contribution in [2.75, 3.05) is 0 Å². The Morgan fingerprint density at radius 1 is 1.36 bits per heavy atom. The Hall–Kier alpha value is -0.823. The molecule has 1 aromatic carbocycles. The van der Waals surface area contributed by atoms with Crippen LogP contribution >= 0.6 is 0 Å². The predicted octanol–water partition coefficient (Wildman–Crippen LogP) is 2.02. The zero-order valence-corrected chi connectivity index (χ0v) is 8.09. The van der Waals surface area contributed by atoms with Crippen LogP contribution in [-0.2, 0) is 0 Å². The maximum Gasteiger partial charge on any atom is 0.0647 e.